The van der Waals surface area contributed by atoms with Crippen LogP contribution in [-0.2, 0) is 0 Å². The number of non-ortho nitro benzene ring substituents is 1. The standard InChI is InChI=1S/C19H24N4O4/c1-2-18(19-9-12-5-13(10-19)7-14(6-12)11-19)21-20-16-4-3-15(22(24)25)8-17(16)23(26)27/h3-4,8,12-14,20H,2,5-7,9-11H2,1H3. The van der Waals surface area contributed by atoms with Crippen LogP contribution < -0.4 is 5.43 Å². The van der Waals surface area contributed by atoms with Crippen molar-refractivity contribution in [3.05, 3.63) is 38.4 Å². The fraction of sp³-hybridized carbons (Fsp3) is 0.632. The number of hydrogen-bond acceptors (Lipinski definition) is 6. The van der Waals surface area contributed by atoms with Gasteiger partial charge in [-0.05, 0) is 68.8 Å². The number of anilines is 1. The van der Waals surface area contributed by atoms with Gasteiger partial charge in [0.15, 0.2) is 0 Å². The van der Waals surface area contributed by atoms with Crippen LogP contribution in [0.25, 0.3) is 0 Å². The molecule has 0 radical (unpaired) electrons. The first-order valence-electron chi connectivity index (χ1n) is 9.66. The highest BCUT2D eigenvalue weighted by molar-refractivity contribution is 5.91. The van der Waals surface area contributed by atoms with Gasteiger partial charge in [-0.1, -0.05) is 6.92 Å². The van der Waals surface area contributed by atoms with Crippen molar-refractivity contribution in [1.29, 1.82) is 0 Å². The lowest BCUT2D eigenvalue weighted by atomic mass is 9.48. The van der Waals surface area contributed by atoms with E-state index in [9.17, 15) is 20.2 Å². The summed E-state index contributed by atoms with van der Waals surface area (Å²) in [4.78, 5) is 21.0. The van der Waals surface area contributed by atoms with Crippen LogP contribution in [0.3, 0.4) is 0 Å². The smallest absolute Gasteiger partial charge is 0.272 e. The van der Waals surface area contributed by atoms with E-state index in [0.717, 1.165) is 36.0 Å². The van der Waals surface area contributed by atoms with E-state index in [1.165, 1.54) is 50.7 Å². The molecule has 4 aliphatic rings. The van der Waals surface area contributed by atoms with Gasteiger partial charge in [-0.25, -0.2) is 0 Å². The van der Waals surface area contributed by atoms with Crippen molar-refractivity contribution in [2.45, 2.75) is 51.9 Å². The van der Waals surface area contributed by atoms with Crippen molar-refractivity contribution in [1.82, 2.24) is 0 Å². The molecule has 0 unspecified atom stereocenters. The molecule has 0 heterocycles. The molecule has 4 bridgehead atoms. The number of hydrazone groups is 1. The summed E-state index contributed by atoms with van der Waals surface area (Å²) in [6, 6.07) is 3.61. The zero-order valence-electron chi connectivity index (χ0n) is 15.4. The summed E-state index contributed by atoms with van der Waals surface area (Å²) >= 11 is 0. The number of nitro benzene ring substituents is 2. The number of benzene rings is 1. The molecule has 1 aromatic carbocycles. The summed E-state index contributed by atoms with van der Waals surface area (Å²) in [5.74, 6) is 2.38. The first-order chi connectivity index (χ1) is 12.9. The third-order valence-electron chi connectivity index (χ3n) is 6.69. The summed E-state index contributed by atoms with van der Waals surface area (Å²) in [6.07, 6.45) is 8.37. The monoisotopic (exact) mass is 372 g/mol. The Morgan fingerprint density at radius 3 is 2.19 bits per heavy atom. The van der Waals surface area contributed by atoms with Crippen molar-refractivity contribution in [2.24, 2.45) is 28.3 Å². The molecule has 8 heteroatoms. The van der Waals surface area contributed by atoms with Crippen LogP contribution in [0.1, 0.15) is 51.9 Å². The fourth-order valence-electron chi connectivity index (χ4n) is 6.04. The SMILES string of the molecule is CCC(=NNc1ccc([N+](=O)[O-])cc1[N+](=O)[O-])C12CC3CC(CC(C3)C1)C2. The Morgan fingerprint density at radius 1 is 1.11 bits per heavy atom. The predicted molar refractivity (Wildman–Crippen MR) is 102 cm³/mol. The van der Waals surface area contributed by atoms with Crippen LogP contribution >= 0.6 is 0 Å². The first kappa shape index (κ1) is 17.9. The lowest BCUT2D eigenvalue weighted by Crippen LogP contribution is -2.50. The zero-order valence-corrected chi connectivity index (χ0v) is 15.4. The molecule has 27 heavy (non-hydrogen) atoms. The fourth-order valence-corrected chi connectivity index (χ4v) is 6.04. The molecule has 1 aromatic rings. The first-order valence-corrected chi connectivity index (χ1v) is 9.66. The van der Waals surface area contributed by atoms with Crippen molar-refractivity contribution in [2.75, 3.05) is 5.43 Å². The molecule has 8 nitrogen and oxygen atoms in total. The highest BCUT2D eigenvalue weighted by Gasteiger charge is 2.52. The van der Waals surface area contributed by atoms with Crippen LogP contribution in [0.5, 0.6) is 0 Å². The lowest BCUT2D eigenvalue weighted by molar-refractivity contribution is -0.393. The quantitative estimate of drug-likeness (QED) is 0.434. The number of nitro groups is 2. The molecule has 0 atom stereocenters. The van der Waals surface area contributed by atoms with Crippen LogP contribution in [0.2, 0.25) is 0 Å². The van der Waals surface area contributed by atoms with Crippen molar-refractivity contribution in [3.63, 3.8) is 0 Å². The minimum Gasteiger partial charge on any atom is -0.272 e. The Bertz CT molecular complexity index is 785. The molecule has 0 aliphatic heterocycles. The minimum atomic E-state index is -0.632. The summed E-state index contributed by atoms with van der Waals surface area (Å²) in [5.41, 5.74) is 3.66. The van der Waals surface area contributed by atoms with Gasteiger partial charge in [-0.2, -0.15) is 5.10 Å². The van der Waals surface area contributed by atoms with Gasteiger partial charge in [-0.15, -0.1) is 0 Å². The molecule has 0 aromatic heterocycles. The molecular weight excluding hydrogens is 348 g/mol. The van der Waals surface area contributed by atoms with E-state index < -0.39 is 9.85 Å². The van der Waals surface area contributed by atoms with E-state index in [1.807, 2.05) is 0 Å². The summed E-state index contributed by atoms with van der Waals surface area (Å²) in [7, 11) is 0. The van der Waals surface area contributed by atoms with E-state index in [1.54, 1.807) is 0 Å². The molecular formula is C19H24N4O4. The Labute approximate surface area is 157 Å². The minimum absolute atomic E-state index is 0.131. The van der Waals surface area contributed by atoms with E-state index >= 15 is 0 Å². The highest BCUT2D eigenvalue weighted by Crippen LogP contribution is 2.60. The number of hydrogen-bond donors (Lipinski definition) is 1. The van der Waals surface area contributed by atoms with Crippen molar-refractivity contribution >= 4 is 22.8 Å². The maximum absolute atomic E-state index is 11.3. The van der Waals surface area contributed by atoms with Crippen LogP contribution in [0, 0.1) is 43.4 Å². The number of nitrogens with zero attached hydrogens (tertiary/aromatic N) is 3. The molecule has 0 amide bonds. The van der Waals surface area contributed by atoms with Gasteiger partial charge < -0.3 is 0 Å². The third-order valence-corrected chi connectivity index (χ3v) is 6.69. The van der Waals surface area contributed by atoms with Crippen LogP contribution in [-0.4, -0.2) is 15.6 Å². The van der Waals surface area contributed by atoms with Crippen LogP contribution in [0.15, 0.2) is 23.3 Å². The second-order valence-corrected chi connectivity index (χ2v) is 8.44. The maximum Gasteiger partial charge on any atom is 0.301 e. The summed E-state index contributed by atoms with van der Waals surface area (Å²) in [6.45, 7) is 2.09. The molecule has 4 aliphatic carbocycles. The lowest BCUT2D eigenvalue weighted by Gasteiger charge is -2.57. The van der Waals surface area contributed by atoms with Gasteiger partial charge in [0.05, 0.1) is 15.9 Å². The normalized spacial score (nSPS) is 31.7. The molecule has 1 N–H and O–H groups in total. The Balaban J connectivity index is 1.61. The summed E-state index contributed by atoms with van der Waals surface area (Å²) in [5, 5.41) is 26.8. The molecule has 0 saturated heterocycles. The van der Waals surface area contributed by atoms with Gasteiger partial charge in [0.2, 0.25) is 0 Å². The van der Waals surface area contributed by atoms with Crippen molar-refractivity contribution in [3.8, 4) is 0 Å². The second kappa shape index (κ2) is 6.58. The van der Waals surface area contributed by atoms with Gasteiger partial charge in [0.1, 0.15) is 5.69 Å². The molecule has 144 valence electrons. The van der Waals surface area contributed by atoms with Gasteiger partial charge in [0.25, 0.3) is 5.69 Å². The zero-order chi connectivity index (χ0) is 19.2. The number of rotatable bonds is 6. The third kappa shape index (κ3) is 3.17. The second-order valence-electron chi connectivity index (χ2n) is 8.44. The summed E-state index contributed by atoms with van der Waals surface area (Å²) < 4.78 is 0. The van der Waals surface area contributed by atoms with Gasteiger partial charge in [0, 0.05) is 17.2 Å². The van der Waals surface area contributed by atoms with Gasteiger partial charge in [-0.3, -0.25) is 25.7 Å². The Hall–Kier alpha value is -2.51. The highest BCUT2D eigenvalue weighted by atomic mass is 16.6. The molecule has 5 rings (SSSR count). The van der Waals surface area contributed by atoms with E-state index in [0.29, 0.717) is 0 Å². The van der Waals surface area contributed by atoms with E-state index in [4.69, 9.17) is 0 Å². The average Bonchev–Trinajstić information content (AvgIpc) is 2.60. The average molecular weight is 372 g/mol. The maximum atomic E-state index is 11.3. The largest absolute Gasteiger partial charge is 0.301 e. The van der Waals surface area contributed by atoms with E-state index in [2.05, 4.69) is 17.5 Å². The molecule has 0 spiro atoms. The van der Waals surface area contributed by atoms with Gasteiger partial charge >= 0.3 is 5.69 Å². The van der Waals surface area contributed by atoms with Crippen molar-refractivity contribution < 1.29 is 9.85 Å². The topological polar surface area (TPSA) is 111 Å². The Kier molecular flexibility index (Phi) is 4.36. The van der Waals surface area contributed by atoms with Crippen LogP contribution in [0.4, 0.5) is 17.1 Å². The molecule has 4 fully saturated rings. The Morgan fingerprint density at radius 2 is 1.70 bits per heavy atom. The predicted octanol–water partition coefficient (Wildman–Crippen LogP) is 4.90. The number of nitrogens with one attached hydrogen (secondary N) is 1. The molecule has 4 saturated carbocycles. The van der Waals surface area contributed by atoms with E-state index in [-0.39, 0.29) is 22.5 Å².